The van der Waals surface area contributed by atoms with E-state index < -0.39 is 177 Å². The molecular weight excluding hydrogens is 1490 g/mol. The van der Waals surface area contributed by atoms with Gasteiger partial charge in [-0.15, -0.1) is 0 Å². The van der Waals surface area contributed by atoms with Crippen molar-refractivity contribution in [2.75, 3.05) is 26.4 Å². The van der Waals surface area contributed by atoms with Gasteiger partial charge in [0.1, 0.15) is 12.2 Å². The Bertz CT molecular complexity index is 4530. The number of unbranched alkanes of at least 4 members (excludes halogenated alkanes) is 5. The number of aliphatic hydroxyl groups excluding tert-OH is 3. The zero-order valence-corrected chi connectivity index (χ0v) is 62.7. The molecule has 8 rings (SSSR count). The lowest BCUT2D eigenvalue weighted by molar-refractivity contribution is -0.256. The largest absolute Gasteiger partial charge is 0.481 e. The van der Waals surface area contributed by atoms with Crippen LogP contribution in [0.4, 0.5) is 0 Å². The minimum atomic E-state index is -2.95. The van der Waals surface area contributed by atoms with Crippen LogP contribution >= 0.6 is 0 Å². The first-order valence-corrected chi connectivity index (χ1v) is 36.7. The van der Waals surface area contributed by atoms with Crippen LogP contribution in [0.1, 0.15) is 161 Å². The first kappa shape index (κ1) is 87.7. The normalized spacial score (nSPS) is 13.6. The fraction of sp³-hybridized carbons (Fsp3) is 0.276. The van der Waals surface area contributed by atoms with Gasteiger partial charge >= 0.3 is 65.7 Å². The topological polar surface area (TPSA) is 389 Å². The van der Waals surface area contributed by atoms with Gasteiger partial charge in [-0.3, -0.25) is 14.4 Å². The van der Waals surface area contributed by atoms with Crippen LogP contribution in [0.15, 0.2) is 266 Å². The minimum absolute atomic E-state index is 0.0331. The number of aliphatic carboxylic acids is 1. The van der Waals surface area contributed by atoms with Crippen LogP contribution < -0.4 is 0 Å². The van der Waals surface area contributed by atoms with Gasteiger partial charge in [0.15, 0.2) is 36.1 Å². The predicted molar refractivity (Wildman–Crippen MR) is 406 cm³/mol. The van der Waals surface area contributed by atoms with Crippen molar-refractivity contribution >= 4 is 65.7 Å². The van der Waals surface area contributed by atoms with Crippen LogP contribution in [0, 0.1) is 0 Å². The van der Waals surface area contributed by atoms with Gasteiger partial charge in [-0.2, -0.15) is 0 Å². The second-order valence-electron chi connectivity index (χ2n) is 25.3. The fourth-order valence-corrected chi connectivity index (χ4v) is 11.1. The van der Waals surface area contributed by atoms with Gasteiger partial charge < -0.3 is 82.0 Å². The van der Waals surface area contributed by atoms with E-state index in [9.17, 15) is 68.1 Å². The SMILES string of the molecule is CC(=O)OC(CCOC(O)/C(OC(=O)c1ccccc1)=C(/OC(=O)c1ccccc1)C(CCOC(=O)c1ccccc1)OC(=O)c1ccccc1)C(OC(O)/C(OC(=O)c1ccccc1)=C(/OC(=O)c1ccccc1)C(CCOC(=O)c1ccccc1)OC(=O)c1ccccc1)C(OC(C)=O)C(O)OCCCCCCCCC(=O)O. The van der Waals surface area contributed by atoms with Crippen LogP contribution in [0.3, 0.4) is 0 Å². The van der Waals surface area contributed by atoms with Crippen molar-refractivity contribution in [2.24, 2.45) is 0 Å². The Balaban J connectivity index is 1.28. The van der Waals surface area contributed by atoms with Crippen LogP contribution in [0.25, 0.3) is 0 Å². The summed E-state index contributed by atoms with van der Waals surface area (Å²) in [4.78, 5) is 153. The summed E-state index contributed by atoms with van der Waals surface area (Å²) in [7, 11) is 0. The second kappa shape index (κ2) is 46.9. The number of carbonyl (C=O) groups is 11. The van der Waals surface area contributed by atoms with E-state index in [1.807, 2.05) is 0 Å². The molecule has 0 spiro atoms. The number of carboxylic acids is 1. The lowest BCUT2D eigenvalue weighted by Crippen LogP contribution is -2.52. The monoisotopic (exact) mass is 1580 g/mol. The number of carboxylic acid groups (broad SMARTS) is 1. The summed E-state index contributed by atoms with van der Waals surface area (Å²) in [6.07, 6.45) is -18.0. The van der Waals surface area contributed by atoms with E-state index in [1.165, 1.54) is 170 Å². The van der Waals surface area contributed by atoms with E-state index >= 15 is 0 Å². The fourth-order valence-electron chi connectivity index (χ4n) is 11.1. The molecular formula is C87H86O28. The molecule has 115 heavy (non-hydrogen) atoms. The third-order valence-corrected chi connectivity index (χ3v) is 16.8. The molecule has 0 aliphatic rings. The van der Waals surface area contributed by atoms with Crippen molar-refractivity contribution in [1.82, 2.24) is 0 Å². The lowest BCUT2D eigenvalue weighted by Gasteiger charge is -2.36. The third-order valence-electron chi connectivity index (χ3n) is 16.8. The molecule has 0 aliphatic heterocycles. The van der Waals surface area contributed by atoms with Gasteiger partial charge in [-0.1, -0.05) is 171 Å². The molecule has 8 aromatic carbocycles. The standard InChI is InChI=1S/C87H86O28/c1-57(88)107-67(50-56-106-86(101)75(114-83(98)65-45-27-13-28-46-65)72(111-81(96)63-41-23-11-24-42-63)68(109-79(94)61-37-19-9-20-38-61)51-54-104-77(92)59-33-15-7-16-34-59)71(74(108-58(2)89)85(100)103-53-32-6-4-3-5-31-49-70(90)91)113-87(102)76(115-84(99)66-47-29-14-30-48-66)73(112-82(97)64-43-25-12-26-44-64)69(110-80(95)62-39-21-10-22-40-62)52-55-105-78(93)60-35-17-8-18-36-60/h7-30,33-48,67-69,71,74,85-87,100-102H,3-6,31-32,49-56H2,1-2H3,(H,90,91)/b75-72-,76-73-. The molecule has 8 aromatic rings. The van der Waals surface area contributed by atoms with Crippen molar-refractivity contribution < 1.29 is 135 Å². The molecule has 8 atom stereocenters. The molecule has 28 heteroatoms. The number of hydrogen-bond acceptors (Lipinski definition) is 27. The Labute approximate surface area is 661 Å². The van der Waals surface area contributed by atoms with E-state index in [0.29, 0.717) is 32.1 Å². The average molecular weight is 1580 g/mol. The summed E-state index contributed by atoms with van der Waals surface area (Å²) in [6.45, 7) is -0.762. The summed E-state index contributed by atoms with van der Waals surface area (Å²) >= 11 is 0. The average Bonchev–Trinajstić information content (AvgIpc) is 0.816. The highest BCUT2D eigenvalue weighted by Gasteiger charge is 2.45. The maximum atomic E-state index is 14.7. The van der Waals surface area contributed by atoms with Crippen molar-refractivity contribution in [2.45, 2.75) is 127 Å². The summed E-state index contributed by atoms with van der Waals surface area (Å²) < 4.78 is 77.7. The third kappa shape index (κ3) is 29.0. The predicted octanol–water partition coefficient (Wildman–Crippen LogP) is 12.2. The molecule has 0 fully saturated rings. The molecule has 28 nitrogen and oxygen atoms in total. The Morgan fingerprint density at radius 3 is 0.939 bits per heavy atom. The number of benzene rings is 8. The zero-order valence-electron chi connectivity index (χ0n) is 62.7. The number of carbonyl (C=O) groups excluding carboxylic acids is 10. The smallest absolute Gasteiger partial charge is 0.343 e. The number of aliphatic hydroxyl groups is 3. The number of ether oxygens (including phenoxy) is 13. The summed E-state index contributed by atoms with van der Waals surface area (Å²) in [5.41, 5.74) is -0.658. The van der Waals surface area contributed by atoms with Crippen molar-refractivity contribution in [1.29, 1.82) is 0 Å². The molecule has 0 radical (unpaired) electrons. The zero-order chi connectivity index (χ0) is 82.3. The van der Waals surface area contributed by atoms with Gasteiger partial charge in [-0.05, 0) is 110 Å². The van der Waals surface area contributed by atoms with Crippen molar-refractivity contribution in [3.05, 3.63) is 310 Å². The Hall–Kier alpha value is -12.8. The Morgan fingerprint density at radius 2 is 0.600 bits per heavy atom. The molecule has 0 aromatic heterocycles. The van der Waals surface area contributed by atoms with Gasteiger partial charge in [0.05, 0.1) is 64.3 Å². The number of rotatable bonds is 45. The van der Waals surface area contributed by atoms with Gasteiger partial charge in [-0.25, -0.2) is 38.4 Å². The number of esters is 10. The lowest BCUT2D eigenvalue weighted by atomic mass is 10.0. The number of hydrogen-bond donors (Lipinski definition) is 4. The molecule has 4 N–H and O–H groups in total. The van der Waals surface area contributed by atoms with E-state index in [1.54, 1.807) is 72.8 Å². The first-order chi connectivity index (χ1) is 55.6. The maximum Gasteiger partial charge on any atom is 0.343 e. The van der Waals surface area contributed by atoms with E-state index in [2.05, 4.69) is 0 Å². The van der Waals surface area contributed by atoms with Gasteiger partial charge in [0, 0.05) is 46.1 Å². The highest BCUT2D eigenvalue weighted by Crippen LogP contribution is 2.32. The van der Waals surface area contributed by atoms with Crippen LogP contribution in [-0.4, -0.2) is 162 Å². The van der Waals surface area contributed by atoms with Crippen LogP contribution in [0.5, 0.6) is 0 Å². The quantitative estimate of drug-likeness (QED) is 0.00905. The summed E-state index contributed by atoms with van der Waals surface area (Å²) in [6, 6.07) is 58.7. The minimum Gasteiger partial charge on any atom is -0.481 e. The summed E-state index contributed by atoms with van der Waals surface area (Å²) in [5.74, 6) is -16.4. The van der Waals surface area contributed by atoms with E-state index in [-0.39, 0.29) is 64.0 Å². The molecule has 602 valence electrons. The molecule has 0 aliphatic carbocycles. The second-order valence-corrected chi connectivity index (χ2v) is 25.3. The van der Waals surface area contributed by atoms with Gasteiger partial charge in [0.25, 0.3) is 0 Å². The molecule has 0 saturated heterocycles. The molecule has 0 heterocycles. The molecule has 0 bridgehead atoms. The maximum absolute atomic E-state index is 14.7. The Morgan fingerprint density at radius 1 is 0.296 bits per heavy atom. The molecule has 0 amide bonds. The summed E-state index contributed by atoms with van der Waals surface area (Å²) in [5, 5.41) is 47.3. The highest BCUT2D eigenvalue weighted by molar-refractivity contribution is 5.94. The van der Waals surface area contributed by atoms with E-state index in [4.69, 9.17) is 66.7 Å². The van der Waals surface area contributed by atoms with E-state index in [0.717, 1.165) is 13.8 Å². The van der Waals surface area contributed by atoms with Crippen molar-refractivity contribution in [3.8, 4) is 0 Å². The molecule has 0 saturated carbocycles. The first-order valence-electron chi connectivity index (χ1n) is 36.7. The highest BCUT2D eigenvalue weighted by atomic mass is 16.7. The van der Waals surface area contributed by atoms with Crippen LogP contribution in [-0.2, 0) is 76.0 Å². The van der Waals surface area contributed by atoms with Crippen LogP contribution in [0.2, 0.25) is 0 Å². The molecule has 8 unspecified atom stereocenters. The van der Waals surface area contributed by atoms with Crippen molar-refractivity contribution in [3.63, 3.8) is 0 Å². The van der Waals surface area contributed by atoms with Gasteiger partial charge in [0.2, 0.25) is 24.1 Å². The Kier molecular flexibility index (Phi) is 35.8.